The van der Waals surface area contributed by atoms with Gasteiger partial charge in [-0.25, -0.2) is 0 Å². The molecule has 0 spiro atoms. The van der Waals surface area contributed by atoms with E-state index in [4.69, 9.17) is 5.26 Å². The summed E-state index contributed by atoms with van der Waals surface area (Å²) in [4.78, 5) is 13.5. The Kier molecular flexibility index (Phi) is 3.59. The maximum Gasteiger partial charge on any atom is 0.227 e. The monoisotopic (exact) mass is 238 g/mol. The van der Waals surface area contributed by atoms with Crippen molar-refractivity contribution in [2.75, 3.05) is 11.9 Å². The molecule has 0 aliphatic carbocycles. The second-order valence-corrected chi connectivity index (χ2v) is 4.11. The second-order valence-electron chi connectivity index (χ2n) is 4.11. The molecule has 0 bridgehead atoms. The lowest BCUT2D eigenvalue weighted by Gasteiger charge is -2.18. The molecule has 2 rings (SSSR count). The zero-order valence-corrected chi connectivity index (χ0v) is 10.3. The molecule has 0 aromatic heterocycles. The highest BCUT2D eigenvalue weighted by Crippen LogP contribution is 2.26. The second kappa shape index (κ2) is 5.33. The molecule has 0 saturated carbocycles. The van der Waals surface area contributed by atoms with Crippen LogP contribution in [0.15, 0.2) is 42.5 Å². The van der Waals surface area contributed by atoms with Crippen LogP contribution < -0.4 is 4.90 Å². The van der Waals surface area contributed by atoms with Crippen molar-refractivity contribution in [1.29, 1.82) is 5.26 Å². The van der Waals surface area contributed by atoms with E-state index in [1.54, 1.807) is 11.9 Å². The van der Waals surface area contributed by atoms with Gasteiger partial charge >= 0.3 is 0 Å². The lowest BCUT2D eigenvalue weighted by Crippen LogP contribution is -2.25. The van der Waals surface area contributed by atoms with Crippen LogP contribution in [0.2, 0.25) is 0 Å². The van der Waals surface area contributed by atoms with Crippen molar-refractivity contribution in [1.82, 2.24) is 0 Å². The van der Waals surface area contributed by atoms with Crippen molar-refractivity contribution in [3.8, 4) is 6.07 Å². The predicted octanol–water partition coefficient (Wildman–Crippen LogP) is 3.11. The number of rotatable bonds is 3. The zero-order chi connectivity index (χ0) is 13.0. The van der Waals surface area contributed by atoms with E-state index >= 15 is 0 Å². The summed E-state index contributed by atoms with van der Waals surface area (Å²) in [6.07, 6.45) is 0.518. The van der Waals surface area contributed by atoms with Crippen molar-refractivity contribution >= 4 is 22.4 Å². The summed E-state index contributed by atoms with van der Waals surface area (Å²) in [5, 5.41) is 10.7. The number of anilines is 1. The van der Waals surface area contributed by atoms with Crippen LogP contribution in [-0.4, -0.2) is 13.0 Å². The molecule has 0 fully saturated rings. The lowest BCUT2D eigenvalue weighted by atomic mass is 10.1. The van der Waals surface area contributed by atoms with Gasteiger partial charge in [0.1, 0.15) is 0 Å². The third-order valence-electron chi connectivity index (χ3n) is 2.95. The van der Waals surface area contributed by atoms with Gasteiger partial charge in [0, 0.05) is 25.3 Å². The van der Waals surface area contributed by atoms with Gasteiger partial charge in [-0.2, -0.15) is 5.26 Å². The van der Waals surface area contributed by atoms with Gasteiger partial charge in [-0.1, -0.05) is 36.4 Å². The predicted molar refractivity (Wildman–Crippen MR) is 72.2 cm³/mol. The molecule has 90 valence electrons. The summed E-state index contributed by atoms with van der Waals surface area (Å²) in [5.74, 6) is -0.0343. The smallest absolute Gasteiger partial charge is 0.227 e. The van der Waals surface area contributed by atoms with Gasteiger partial charge in [-0.15, -0.1) is 0 Å². The van der Waals surface area contributed by atoms with E-state index in [0.717, 1.165) is 16.5 Å². The average molecular weight is 238 g/mol. The molecule has 0 aliphatic rings. The summed E-state index contributed by atoms with van der Waals surface area (Å²) in [7, 11) is 1.75. The molecule has 0 radical (unpaired) electrons. The average Bonchev–Trinajstić information content (AvgIpc) is 2.43. The van der Waals surface area contributed by atoms with E-state index in [-0.39, 0.29) is 18.7 Å². The SMILES string of the molecule is CN(C(=O)CCC#N)c1cccc2ccccc12. The summed E-state index contributed by atoms with van der Waals surface area (Å²) < 4.78 is 0. The van der Waals surface area contributed by atoms with Gasteiger partial charge in [0.15, 0.2) is 0 Å². The van der Waals surface area contributed by atoms with Crippen LogP contribution in [0.1, 0.15) is 12.8 Å². The largest absolute Gasteiger partial charge is 0.315 e. The van der Waals surface area contributed by atoms with Crippen LogP contribution in [0, 0.1) is 11.3 Å². The van der Waals surface area contributed by atoms with Crippen LogP contribution in [0.3, 0.4) is 0 Å². The number of fused-ring (bicyclic) bond motifs is 1. The minimum atomic E-state index is -0.0343. The summed E-state index contributed by atoms with van der Waals surface area (Å²) in [6, 6.07) is 15.8. The fourth-order valence-electron chi connectivity index (χ4n) is 1.97. The molecule has 1 amide bonds. The van der Waals surface area contributed by atoms with Crippen molar-refractivity contribution in [3.63, 3.8) is 0 Å². The Labute approximate surface area is 106 Å². The Bertz CT molecular complexity index is 608. The Hall–Kier alpha value is -2.34. The molecule has 0 heterocycles. The first-order valence-electron chi connectivity index (χ1n) is 5.85. The standard InChI is InChI=1S/C15H14N2O/c1-17(15(18)10-5-11-16)14-9-4-7-12-6-2-3-8-13(12)14/h2-4,6-9H,5,10H2,1H3. The maximum atomic E-state index is 11.9. The quantitative estimate of drug-likeness (QED) is 0.824. The number of amides is 1. The Balaban J connectivity index is 2.36. The van der Waals surface area contributed by atoms with E-state index in [1.807, 2.05) is 48.5 Å². The van der Waals surface area contributed by atoms with Crippen molar-refractivity contribution < 1.29 is 4.79 Å². The molecule has 3 nitrogen and oxygen atoms in total. The normalized spacial score (nSPS) is 10.0. The van der Waals surface area contributed by atoms with E-state index < -0.39 is 0 Å². The molecule has 2 aromatic carbocycles. The minimum absolute atomic E-state index is 0.0343. The highest BCUT2D eigenvalue weighted by molar-refractivity contribution is 6.03. The van der Waals surface area contributed by atoms with Crippen molar-refractivity contribution in [3.05, 3.63) is 42.5 Å². The molecular formula is C15H14N2O. The van der Waals surface area contributed by atoms with E-state index in [0.29, 0.717) is 0 Å². The number of benzene rings is 2. The van der Waals surface area contributed by atoms with Gasteiger partial charge in [0.25, 0.3) is 0 Å². The Morgan fingerprint density at radius 1 is 1.22 bits per heavy atom. The van der Waals surface area contributed by atoms with Crippen LogP contribution in [-0.2, 0) is 4.79 Å². The van der Waals surface area contributed by atoms with E-state index in [2.05, 4.69) is 0 Å². The number of carbonyl (C=O) groups is 1. The number of carbonyl (C=O) groups excluding carboxylic acids is 1. The Morgan fingerprint density at radius 2 is 1.94 bits per heavy atom. The van der Waals surface area contributed by atoms with Gasteiger partial charge in [0.2, 0.25) is 5.91 Å². The maximum absolute atomic E-state index is 11.9. The fraction of sp³-hybridized carbons (Fsp3) is 0.200. The van der Waals surface area contributed by atoms with Gasteiger partial charge in [-0.05, 0) is 11.5 Å². The number of nitrogens with zero attached hydrogens (tertiary/aromatic N) is 2. The number of nitriles is 1. The highest BCUT2D eigenvalue weighted by Gasteiger charge is 2.12. The van der Waals surface area contributed by atoms with Crippen LogP contribution in [0.25, 0.3) is 10.8 Å². The number of hydrogen-bond donors (Lipinski definition) is 0. The molecular weight excluding hydrogens is 224 g/mol. The van der Waals surface area contributed by atoms with Gasteiger partial charge in [0.05, 0.1) is 11.8 Å². The lowest BCUT2D eigenvalue weighted by molar-refractivity contribution is -0.118. The van der Waals surface area contributed by atoms with Crippen molar-refractivity contribution in [2.24, 2.45) is 0 Å². The molecule has 18 heavy (non-hydrogen) atoms. The van der Waals surface area contributed by atoms with Gasteiger partial charge in [-0.3, -0.25) is 4.79 Å². The summed E-state index contributed by atoms with van der Waals surface area (Å²) >= 11 is 0. The minimum Gasteiger partial charge on any atom is -0.315 e. The third kappa shape index (κ3) is 2.33. The zero-order valence-electron chi connectivity index (χ0n) is 10.3. The van der Waals surface area contributed by atoms with Crippen LogP contribution in [0.5, 0.6) is 0 Å². The molecule has 0 aliphatic heterocycles. The summed E-state index contributed by atoms with van der Waals surface area (Å²) in [5.41, 5.74) is 0.885. The van der Waals surface area contributed by atoms with Crippen LogP contribution >= 0.6 is 0 Å². The molecule has 3 heteroatoms. The fourth-order valence-corrected chi connectivity index (χ4v) is 1.97. The molecule has 2 aromatic rings. The topological polar surface area (TPSA) is 44.1 Å². The highest BCUT2D eigenvalue weighted by atomic mass is 16.2. The number of hydrogen-bond acceptors (Lipinski definition) is 2. The molecule has 0 N–H and O–H groups in total. The Morgan fingerprint density at radius 3 is 2.72 bits per heavy atom. The molecule has 0 saturated heterocycles. The van der Waals surface area contributed by atoms with E-state index in [9.17, 15) is 4.79 Å². The molecule has 0 atom stereocenters. The first-order chi connectivity index (χ1) is 8.74. The summed E-state index contributed by atoms with van der Waals surface area (Å²) in [6.45, 7) is 0. The third-order valence-corrected chi connectivity index (χ3v) is 2.95. The van der Waals surface area contributed by atoms with Crippen molar-refractivity contribution in [2.45, 2.75) is 12.8 Å². The van der Waals surface area contributed by atoms with Crippen LogP contribution in [0.4, 0.5) is 5.69 Å². The first-order valence-corrected chi connectivity index (χ1v) is 5.85. The first kappa shape index (κ1) is 12.1. The molecule has 0 unspecified atom stereocenters. The van der Waals surface area contributed by atoms with Gasteiger partial charge < -0.3 is 4.90 Å². The van der Waals surface area contributed by atoms with E-state index in [1.165, 1.54) is 0 Å².